The zero-order chi connectivity index (χ0) is 23.5. The van der Waals surface area contributed by atoms with Crippen LogP contribution in [0.25, 0.3) is 10.9 Å². The summed E-state index contributed by atoms with van der Waals surface area (Å²) in [4.78, 5) is 29.9. The van der Waals surface area contributed by atoms with E-state index in [1.54, 1.807) is 12.0 Å². The highest BCUT2D eigenvalue weighted by Gasteiger charge is 2.33. The third-order valence-electron chi connectivity index (χ3n) is 6.33. The van der Waals surface area contributed by atoms with Gasteiger partial charge in [-0.3, -0.25) is 19.6 Å². The molecule has 1 fully saturated rings. The minimum Gasteiger partial charge on any atom is -0.496 e. The van der Waals surface area contributed by atoms with Crippen molar-refractivity contribution in [2.75, 3.05) is 40.3 Å². The van der Waals surface area contributed by atoms with E-state index in [0.29, 0.717) is 31.9 Å². The number of nitrogens with one attached hydrogen (secondary N) is 2. The molecular weight excluding hydrogens is 418 g/mol. The largest absolute Gasteiger partial charge is 0.496 e. The molecule has 1 aliphatic rings. The summed E-state index contributed by atoms with van der Waals surface area (Å²) in [7, 11) is 3.58. The first-order valence-electron chi connectivity index (χ1n) is 11.2. The van der Waals surface area contributed by atoms with Crippen molar-refractivity contribution < 1.29 is 14.3 Å². The molecule has 0 aliphatic carbocycles. The predicted octanol–water partition coefficient (Wildman–Crippen LogP) is 2.30. The molecule has 8 nitrogen and oxygen atoms in total. The third-order valence-corrected chi connectivity index (χ3v) is 6.33. The van der Waals surface area contributed by atoms with Crippen LogP contribution in [0.2, 0.25) is 0 Å². The predicted molar refractivity (Wildman–Crippen MR) is 128 cm³/mol. The molecule has 33 heavy (non-hydrogen) atoms. The first-order valence-corrected chi connectivity index (χ1v) is 11.2. The quantitative estimate of drug-likeness (QED) is 0.603. The molecule has 8 heteroatoms. The van der Waals surface area contributed by atoms with E-state index in [1.807, 2.05) is 56.1 Å². The van der Waals surface area contributed by atoms with Crippen molar-refractivity contribution in [1.82, 2.24) is 25.3 Å². The maximum absolute atomic E-state index is 13.2. The Morgan fingerprint density at radius 2 is 2.00 bits per heavy atom. The van der Waals surface area contributed by atoms with Crippen molar-refractivity contribution >= 4 is 22.7 Å². The summed E-state index contributed by atoms with van der Waals surface area (Å²) < 4.78 is 5.31. The minimum atomic E-state index is -0.396. The number of methoxy groups -OCH3 is 1. The zero-order valence-electron chi connectivity index (χ0n) is 19.6. The molecule has 0 saturated carbocycles. The second-order valence-corrected chi connectivity index (χ2v) is 8.71. The van der Waals surface area contributed by atoms with Crippen molar-refractivity contribution in [1.29, 1.82) is 0 Å². The van der Waals surface area contributed by atoms with Crippen LogP contribution in [0.1, 0.15) is 27.2 Å². The highest BCUT2D eigenvalue weighted by Crippen LogP contribution is 2.21. The summed E-state index contributed by atoms with van der Waals surface area (Å²) in [5.74, 6) is 0.644. The molecule has 0 spiro atoms. The lowest BCUT2D eigenvalue weighted by Gasteiger charge is -2.38. The van der Waals surface area contributed by atoms with E-state index < -0.39 is 6.04 Å². The fourth-order valence-electron chi connectivity index (χ4n) is 4.33. The number of hydrogen-bond donors (Lipinski definition) is 2. The van der Waals surface area contributed by atoms with Gasteiger partial charge in [0.15, 0.2) is 5.69 Å². The lowest BCUT2D eigenvalue weighted by atomic mass is 10.1. The van der Waals surface area contributed by atoms with Gasteiger partial charge in [-0.1, -0.05) is 23.8 Å². The van der Waals surface area contributed by atoms with Crippen molar-refractivity contribution in [3.05, 3.63) is 58.8 Å². The van der Waals surface area contributed by atoms with Gasteiger partial charge in [-0.2, -0.15) is 5.10 Å². The zero-order valence-corrected chi connectivity index (χ0v) is 19.6. The molecule has 0 unspecified atom stereocenters. The van der Waals surface area contributed by atoms with Crippen molar-refractivity contribution in [2.45, 2.75) is 26.3 Å². The Kier molecular flexibility index (Phi) is 6.65. The molecule has 2 heterocycles. The van der Waals surface area contributed by atoms with E-state index in [2.05, 4.69) is 21.6 Å². The number of nitrogens with zero attached hydrogens (tertiary/aromatic N) is 3. The molecule has 174 valence electrons. The van der Waals surface area contributed by atoms with Gasteiger partial charge in [-0.25, -0.2) is 0 Å². The number of rotatable bonds is 6. The SMILES string of the molecule is COc1ccc(CCNC(=O)[C@@H]2CN(C(=O)c3n[nH]c4ccc(C)cc34)CCN2C)cc1C. The van der Waals surface area contributed by atoms with Crippen molar-refractivity contribution in [2.24, 2.45) is 0 Å². The number of aromatic nitrogens is 2. The van der Waals surface area contributed by atoms with Gasteiger partial charge >= 0.3 is 0 Å². The van der Waals surface area contributed by atoms with Crippen LogP contribution in [0, 0.1) is 13.8 Å². The number of hydrogen-bond acceptors (Lipinski definition) is 5. The van der Waals surface area contributed by atoms with Gasteiger partial charge in [0, 0.05) is 31.6 Å². The molecule has 4 rings (SSSR count). The van der Waals surface area contributed by atoms with Crippen LogP contribution in [0.4, 0.5) is 0 Å². The molecule has 1 aromatic heterocycles. The highest BCUT2D eigenvalue weighted by molar-refractivity contribution is 6.05. The molecule has 0 bridgehead atoms. The first kappa shape index (κ1) is 22.8. The van der Waals surface area contributed by atoms with E-state index in [4.69, 9.17) is 4.74 Å². The van der Waals surface area contributed by atoms with Crippen LogP contribution in [-0.4, -0.2) is 78.2 Å². The number of ether oxygens (including phenoxy) is 1. The number of benzene rings is 2. The van der Waals surface area contributed by atoms with Gasteiger partial charge in [0.05, 0.1) is 12.6 Å². The van der Waals surface area contributed by atoms with Crippen LogP contribution in [0.5, 0.6) is 5.75 Å². The van der Waals surface area contributed by atoms with E-state index in [0.717, 1.165) is 39.8 Å². The van der Waals surface area contributed by atoms with E-state index >= 15 is 0 Å². The third kappa shape index (κ3) is 4.85. The van der Waals surface area contributed by atoms with Gasteiger partial charge in [0.1, 0.15) is 11.8 Å². The fraction of sp³-hybridized carbons (Fsp3) is 0.400. The Morgan fingerprint density at radius 1 is 1.18 bits per heavy atom. The number of fused-ring (bicyclic) bond motifs is 1. The normalized spacial score (nSPS) is 16.7. The van der Waals surface area contributed by atoms with Gasteiger partial charge in [0.2, 0.25) is 5.91 Å². The number of aryl methyl sites for hydroxylation is 2. The molecular formula is C25H31N5O3. The summed E-state index contributed by atoms with van der Waals surface area (Å²) in [5.41, 5.74) is 4.53. The highest BCUT2D eigenvalue weighted by atomic mass is 16.5. The van der Waals surface area contributed by atoms with Crippen LogP contribution < -0.4 is 10.1 Å². The molecule has 1 aliphatic heterocycles. The Hall–Kier alpha value is -3.39. The monoisotopic (exact) mass is 449 g/mol. The maximum atomic E-state index is 13.2. The number of amides is 2. The van der Waals surface area contributed by atoms with E-state index in [1.165, 1.54) is 0 Å². The minimum absolute atomic E-state index is 0.0667. The average molecular weight is 450 g/mol. The number of carbonyl (C=O) groups is 2. The Morgan fingerprint density at radius 3 is 2.76 bits per heavy atom. The number of carbonyl (C=O) groups excluding carboxylic acids is 2. The van der Waals surface area contributed by atoms with Gasteiger partial charge in [-0.15, -0.1) is 0 Å². The number of piperazine rings is 1. The lowest BCUT2D eigenvalue weighted by molar-refractivity contribution is -0.127. The standard InChI is InChI=1S/C25H31N5O3/c1-16-5-7-20-19(13-16)23(28-27-20)25(32)30-12-11-29(3)21(15-30)24(31)26-10-9-18-6-8-22(33-4)17(2)14-18/h5-8,13-14,21H,9-12,15H2,1-4H3,(H,26,31)(H,27,28)/t21-/m0/s1. The Bertz CT molecular complexity index is 1170. The van der Waals surface area contributed by atoms with Crippen LogP contribution in [0.15, 0.2) is 36.4 Å². The molecule has 0 radical (unpaired) electrons. The number of aromatic amines is 1. The van der Waals surface area contributed by atoms with E-state index in [9.17, 15) is 9.59 Å². The fourth-order valence-corrected chi connectivity index (χ4v) is 4.33. The number of likely N-dealkylation sites (N-methyl/N-ethyl adjacent to an activating group) is 1. The first-order chi connectivity index (χ1) is 15.9. The van der Waals surface area contributed by atoms with Crippen molar-refractivity contribution in [3.63, 3.8) is 0 Å². The summed E-state index contributed by atoms with van der Waals surface area (Å²) in [5, 5.41) is 11.1. The smallest absolute Gasteiger partial charge is 0.275 e. The number of H-pyrrole nitrogens is 1. The molecule has 2 amide bonds. The van der Waals surface area contributed by atoms with Gasteiger partial charge < -0.3 is 15.0 Å². The average Bonchev–Trinajstić information content (AvgIpc) is 3.22. The van der Waals surface area contributed by atoms with Crippen LogP contribution >= 0.6 is 0 Å². The summed E-state index contributed by atoms with van der Waals surface area (Å²) in [6.07, 6.45) is 0.730. The molecule has 2 N–H and O–H groups in total. The Labute approximate surface area is 193 Å². The van der Waals surface area contributed by atoms with Crippen LogP contribution in [-0.2, 0) is 11.2 Å². The van der Waals surface area contributed by atoms with Gasteiger partial charge in [0.25, 0.3) is 5.91 Å². The topological polar surface area (TPSA) is 90.6 Å². The van der Waals surface area contributed by atoms with Crippen molar-refractivity contribution in [3.8, 4) is 5.75 Å². The second-order valence-electron chi connectivity index (χ2n) is 8.71. The molecule has 3 aromatic rings. The molecule has 1 saturated heterocycles. The Balaban J connectivity index is 1.38. The van der Waals surface area contributed by atoms with Crippen LogP contribution in [0.3, 0.4) is 0 Å². The maximum Gasteiger partial charge on any atom is 0.275 e. The summed E-state index contributed by atoms with van der Waals surface area (Å²) in [6.45, 7) is 6.06. The molecule has 2 aromatic carbocycles. The van der Waals surface area contributed by atoms with Gasteiger partial charge in [-0.05, 0) is 56.6 Å². The van der Waals surface area contributed by atoms with E-state index in [-0.39, 0.29) is 11.8 Å². The summed E-state index contributed by atoms with van der Waals surface area (Å²) in [6, 6.07) is 11.5. The second kappa shape index (κ2) is 9.62. The molecule has 1 atom stereocenters. The summed E-state index contributed by atoms with van der Waals surface area (Å²) >= 11 is 0. The lowest BCUT2D eigenvalue weighted by Crippen LogP contribution is -2.58.